The lowest BCUT2D eigenvalue weighted by Gasteiger charge is -2.15. The first kappa shape index (κ1) is 16.5. The minimum Gasteiger partial charge on any atom is -0.466 e. The number of ether oxygens (including phenoxy) is 1. The molecule has 120 valence electrons. The fraction of sp³-hybridized carbons (Fsp3) is 0.235. The number of hydrogen-bond donors (Lipinski definition) is 2. The summed E-state index contributed by atoms with van der Waals surface area (Å²) < 4.78 is 4.77. The number of esters is 1. The highest BCUT2D eigenvalue weighted by molar-refractivity contribution is 6.01. The molecule has 0 heterocycles. The molecule has 0 aliphatic rings. The number of carbonyl (C=O) groups excluding carboxylic acids is 3. The van der Waals surface area contributed by atoms with Crippen molar-refractivity contribution in [3.05, 3.63) is 48.0 Å². The van der Waals surface area contributed by atoms with Crippen LogP contribution in [-0.4, -0.2) is 30.4 Å². The van der Waals surface area contributed by atoms with Crippen LogP contribution in [0.2, 0.25) is 0 Å². The van der Waals surface area contributed by atoms with Crippen LogP contribution in [0.1, 0.15) is 23.7 Å². The van der Waals surface area contributed by atoms with E-state index >= 15 is 0 Å². The zero-order chi connectivity index (χ0) is 16.8. The molecule has 0 aliphatic carbocycles. The Bertz CT molecular complexity index is 742. The maximum absolute atomic E-state index is 12.3. The predicted octanol–water partition coefficient (Wildman–Crippen LogP) is 1.38. The average Bonchev–Trinajstić information content (AvgIpc) is 2.53. The molecule has 6 heteroatoms. The molecule has 6 nitrogen and oxygen atoms in total. The van der Waals surface area contributed by atoms with Gasteiger partial charge in [-0.05, 0) is 29.8 Å². The van der Waals surface area contributed by atoms with Crippen LogP contribution in [0.4, 0.5) is 0 Å². The monoisotopic (exact) mass is 314 g/mol. The van der Waals surface area contributed by atoms with Crippen LogP contribution in [0.15, 0.2) is 42.5 Å². The number of nitrogens with one attached hydrogen (secondary N) is 1. The number of benzene rings is 2. The lowest BCUT2D eigenvalue weighted by atomic mass is 10.1. The van der Waals surface area contributed by atoms with Crippen molar-refractivity contribution < 1.29 is 19.1 Å². The van der Waals surface area contributed by atoms with E-state index in [1.807, 2.05) is 30.3 Å². The first-order valence-corrected chi connectivity index (χ1v) is 7.26. The summed E-state index contributed by atoms with van der Waals surface area (Å²) in [6.07, 6.45) is -0.289. The minimum atomic E-state index is -1.10. The van der Waals surface area contributed by atoms with Crippen molar-refractivity contribution in [3.63, 3.8) is 0 Å². The SMILES string of the molecule is CCOC(=O)C[C@@H](NC(=O)c1ccc2ccccc2c1)C(N)=O. The van der Waals surface area contributed by atoms with Gasteiger partial charge in [0.2, 0.25) is 5.91 Å². The molecule has 2 rings (SSSR count). The Labute approximate surface area is 133 Å². The number of hydrogen-bond acceptors (Lipinski definition) is 4. The summed E-state index contributed by atoms with van der Waals surface area (Å²) in [7, 11) is 0. The first-order valence-electron chi connectivity index (χ1n) is 7.26. The van der Waals surface area contributed by atoms with E-state index in [1.54, 1.807) is 19.1 Å². The highest BCUT2D eigenvalue weighted by atomic mass is 16.5. The van der Waals surface area contributed by atoms with Gasteiger partial charge >= 0.3 is 5.97 Å². The van der Waals surface area contributed by atoms with Gasteiger partial charge in [0.15, 0.2) is 0 Å². The predicted molar refractivity (Wildman–Crippen MR) is 85.6 cm³/mol. The van der Waals surface area contributed by atoms with Gasteiger partial charge in [-0.25, -0.2) is 0 Å². The topological polar surface area (TPSA) is 98.5 Å². The Balaban J connectivity index is 2.13. The smallest absolute Gasteiger partial charge is 0.308 e. The van der Waals surface area contributed by atoms with Crippen molar-refractivity contribution in [1.29, 1.82) is 0 Å². The van der Waals surface area contributed by atoms with Crippen LogP contribution in [0, 0.1) is 0 Å². The Kier molecular flexibility index (Phi) is 5.30. The summed E-state index contributed by atoms with van der Waals surface area (Å²) in [4.78, 5) is 35.2. The van der Waals surface area contributed by atoms with Crippen LogP contribution in [-0.2, 0) is 14.3 Å². The van der Waals surface area contributed by atoms with Gasteiger partial charge in [0.1, 0.15) is 6.04 Å². The molecular formula is C17H18N2O4. The van der Waals surface area contributed by atoms with Crippen molar-refractivity contribution in [3.8, 4) is 0 Å². The summed E-state index contributed by atoms with van der Waals surface area (Å²) in [6, 6.07) is 11.7. The Morgan fingerprint density at radius 3 is 2.48 bits per heavy atom. The normalized spacial score (nSPS) is 11.7. The van der Waals surface area contributed by atoms with Crippen molar-refractivity contribution in [2.45, 2.75) is 19.4 Å². The highest BCUT2D eigenvalue weighted by Gasteiger charge is 2.23. The van der Waals surface area contributed by atoms with Gasteiger partial charge in [-0.15, -0.1) is 0 Å². The van der Waals surface area contributed by atoms with Crippen LogP contribution < -0.4 is 11.1 Å². The molecule has 0 radical (unpaired) electrons. The van der Waals surface area contributed by atoms with Gasteiger partial charge in [-0.3, -0.25) is 14.4 Å². The van der Waals surface area contributed by atoms with E-state index in [4.69, 9.17) is 10.5 Å². The number of carbonyl (C=O) groups is 3. The number of fused-ring (bicyclic) bond motifs is 1. The lowest BCUT2D eigenvalue weighted by Crippen LogP contribution is -2.45. The van der Waals surface area contributed by atoms with Gasteiger partial charge in [0.05, 0.1) is 13.0 Å². The molecule has 0 saturated heterocycles. The molecule has 1 atom stereocenters. The molecule has 0 unspecified atom stereocenters. The fourth-order valence-corrected chi connectivity index (χ4v) is 2.18. The quantitative estimate of drug-likeness (QED) is 0.787. The standard InChI is InChI=1S/C17H18N2O4/c1-2-23-15(20)10-14(16(18)21)19-17(22)13-8-7-11-5-3-4-6-12(11)9-13/h3-9,14H,2,10H2,1H3,(H2,18,21)(H,19,22)/t14-/m1/s1. The third-order valence-electron chi connectivity index (χ3n) is 3.34. The Morgan fingerprint density at radius 1 is 1.13 bits per heavy atom. The largest absolute Gasteiger partial charge is 0.466 e. The average molecular weight is 314 g/mol. The molecule has 0 spiro atoms. The van der Waals surface area contributed by atoms with Gasteiger partial charge in [-0.2, -0.15) is 0 Å². The van der Waals surface area contributed by atoms with Crippen molar-refractivity contribution in [1.82, 2.24) is 5.32 Å². The molecule has 3 N–H and O–H groups in total. The van der Waals surface area contributed by atoms with Gasteiger partial charge in [0, 0.05) is 5.56 Å². The third-order valence-corrected chi connectivity index (χ3v) is 3.34. The number of amides is 2. The second kappa shape index (κ2) is 7.40. The van der Waals surface area contributed by atoms with E-state index < -0.39 is 23.8 Å². The van der Waals surface area contributed by atoms with E-state index in [9.17, 15) is 14.4 Å². The number of primary amides is 1. The minimum absolute atomic E-state index is 0.197. The Hall–Kier alpha value is -2.89. The zero-order valence-electron chi connectivity index (χ0n) is 12.7. The van der Waals surface area contributed by atoms with E-state index in [1.165, 1.54) is 0 Å². The highest BCUT2D eigenvalue weighted by Crippen LogP contribution is 2.15. The van der Waals surface area contributed by atoms with E-state index in [2.05, 4.69) is 5.32 Å². The van der Waals surface area contributed by atoms with Gasteiger partial charge in [0.25, 0.3) is 5.91 Å². The van der Waals surface area contributed by atoms with E-state index in [-0.39, 0.29) is 13.0 Å². The summed E-state index contributed by atoms with van der Waals surface area (Å²) >= 11 is 0. The summed E-state index contributed by atoms with van der Waals surface area (Å²) in [6.45, 7) is 1.85. The first-order chi connectivity index (χ1) is 11.0. The van der Waals surface area contributed by atoms with Crippen LogP contribution in [0.25, 0.3) is 10.8 Å². The zero-order valence-corrected chi connectivity index (χ0v) is 12.7. The van der Waals surface area contributed by atoms with E-state index in [0.717, 1.165) is 10.8 Å². The molecule has 0 bridgehead atoms. The molecule has 0 aliphatic heterocycles. The maximum atomic E-state index is 12.3. The summed E-state index contributed by atoms with van der Waals surface area (Å²) in [5, 5.41) is 4.38. The van der Waals surface area contributed by atoms with Crippen LogP contribution in [0.5, 0.6) is 0 Å². The molecule has 2 aromatic rings. The molecule has 0 saturated carbocycles. The van der Waals surface area contributed by atoms with Crippen molar-refractivity contribution >= 4 is 28.6 Å². The maximum Gasteiger partial charge on any atom is 0.308 e. The van der Waals surface area contributed by atoms with Crippen molar-refractivity contribution in [2.75, 3.05) is 6.61 Å². The molecular weight excluding hydrogens is 296 g/mol. The van der Waals surface area contributed by atoms with Crippen LogP contribution >= 0.6 is 0 Å². The second-order valence-corrected chi connectivity index (χ2v) is 5.00. The van der Waals surface area contributed by atoms with Crippen molar-refractivity contribution in [2.24, 2.45) is 5.73 Å². The van der Waals surface area contributed by atoms with Crippen LogP contribution in [0.3, 0.4) is 0 Å². The summed E-state index contributed by atoms with van der Waals surface area (Å²) in [5.74, 6) is -1.84. The molecule has 0 aromatic heterocycles. The molecule has 0 fully saturated rings. The number of rotatable bonds is 6. The second-order valence-electron chi connectivity index (χ2n) is 5.00. The third kappa shape index (κ3) is 4.29. The Morgan fingerprint density at radius 2 is 1.83 bits per heavy atom. The molecule has 23 heavy (non-hydrogen) atoms. The van der Waals surface area contributed by atoms with E-state index in [0.29, 0.717) is 5.56 Å². The summed E-state index contributed by atoms with van der Waals surface area (Å²) in [5.41, 5.74) is 5.62. The van der Waals surface area contributed by atoms with Gasteiger partial charge in [-0.1, -0.05) is 30.3 Å². The fourth-order valence-electron chi connectivity index (χ4n) is 2.18. The molecule has 2 aromatic carbocycles. The molecule has 2 amide bonds. The lowest BCUT2D eigenvalue weighted by molar-refractivity contribution is -0.145. The van der Waals surface area contributed by atoms with Gasteiger partial charge < -0.3 is 15.8 Å². The number of nitrogens with two attached hydrogens (primary N) is 1.